The van der Waals surface area contributed by atoms with Gasteiger partial charge in [0, 0.05) is 37.4 Å². The number of nitrogens with zero attached hydrogens (tertiary/aromatic N) is 3. The number of amides is 2. The number of hydrogen-bond donors (Lipinski definition) is 2. The van der Waals surface area contributed by atoms with Crippen LogP contribution in [0.25, 0.3) is 0 Å². The van der Waals surface area contributed by atoms with E-state index >= 15 is 0 Å². The summed E-state index contributed by atoms with van der Waals surface area (Å²) in [6, 6.07) is 6.93. The second-order valence-corrected chi connectivity index (χ2v) is 8.28. The zero-order valence-corrected chi connectivity index (χ0v) is 18.1. The van der Waals surface area contributed by atoms with E-state index in [-0.39, 0.29) is 17.7 Å². The van der Waals surface area contributed by atoms with Gasteiger partial charge in [0.25, 0.3) is 5.91 Å². The van der Waals surface area contributed by atoms with Crippen molar-refractivity contribution < 1.29 is 14.1 Å². The molecule has 2 N–H and O–H groups in total. The number of nitrogens with one attached hydrogen (secondary N) is 2. The number of likely N-dealkylation sites (N-methyl/N-ethyl adjacent to an activating group) is 1. The third-order valence-corrected chi connectivity index (χ3v) is 5.34. The Morgan fingerprint density at radius 3 is 2.37 bits per heavy atom. The van der Waals surface area contributed by atoms with E-state index in [9.17, 15) is 9.59 Å². The van der Waals surface area contributed by atoms with Crippen molar-refractivity contribution in [1.82, 2.24) is 15.4 Å². The van der Waals surface area contributed by atoms with Crippen LogP contribution < -0.4 is 15.5 Å². The van der Waals surface area contributed by atoms with Crippen LogP contribution in [0.5, 0.6) is 0 Å². The summed E-state index contributed by atoms with van der Waals surface area (Å²) in [6.07, 6.45) is 1.99. The van der Waals surface area contributed by atoms with Gasteiger partial charge in [-0.1, -0.05) is 19.0 Å². The van der Waals surface area contributed by atoms with Crippen LogP contribution >= 0.6 is 0 Å². The summed E-state index contributed by atoms with van der Waals surface area (Å²) in [5, 5.41) is 9.34. The second-order valence-electron chi connectivity index (χ2n) is 8.28. The number of piperazine rings is 1. The van der Waals surface area contributed by atoms with Crippen molar-refractivity contribution in [3.05, 3.63) is 41.8 Å². The lowest BCUT2D eigenvalue weighted by Crippen LogP contribution is -2.45. The van der Waals surface area contributed by atoms with Crippen molar-refractivity contribution in [2.24, 2.45) is 5.92 Å². The van der Waals surface area contributed by atoms with E-state index < -0.39 is 6.04 Å². The Morgan fingerprint density at radius 1 is 1.13 bits per heavy atom. The summed E-state index contributed by atoms with van der Waals surface area (Å²) >= 11 is 0. The van der Waals surface area contributed by atoms with E-state index in [0.717, 1.165) is 31.9 Å². The average Bonchev–Trinajstić information content (AvgIpc) is 3.12. The van der Waals surface area contributed by atoms with E-state index in [4.69, 9.17) is 4.52 Å². The van der Waals surface area contributed by atoms with Crippen molar-refractivity contribution in [3.8, 4) is 0 Å². The van der Waals surface area contributed by atoms with Crippen molar-refractivity contribution in [2.75, 3.05) is 43.4 Å². The lowest BCUT2D eigenvalue weighted by atomic mass is 10.0. The first kappa shape index (κ1) is 21.8. The van der Waals surface area contributed by atoms with Gasteiger partial charge in [0.05, 0.1) is 6.20 Å². The monoisotopic (exact) mass is 413 g/mol. The molecule has 8 heteroatoms. The van der Waals surface area contributed by atoms with Gasteiger partial charge in [0.2, 0.25) is 5.91 Å². The molecule has 1 aliphatic rings. The Balaban J connectivity index is 1.64. The minimum absolute atomic E-state index is 0.240. The molecule has 1 fully saturated rings. The van der Waals surface area contributed by atoms with Gasteiger partial charge >= 0.3 is 0 Å². The zero-order chi connectivity index (χ0) is 21.7. The van der Waals surface area contributed by atoms with E-state index in [1.165, 1.54) is 6.20 Å². The van der Waals surface area contributed by atoms with Gasteiger partial charge in [-0.3, -0.25) is 9.59 Å². The van der Waals surface area contributed by atoms with Gasteiger partial charge in [-0.05, 0) is 50.6 Å². The highest BCUT2D eigenvalue weighted by molar-refractivity contribution is 6.01. The van der Waals surface area contributed by atoms with Crippen LogP contribution in [-0.2, 0) is 4.79 Å². The fourth-order valence-corrected chi connectivity index (χ4v) is 3.47. The molecular formula is C22H31N5O3. The molecule has 0 spiro atoms. The minimum atomic E-state index is -0.649. The van der Waals surface area contributed by atoms with Crippen LogP contribution in [-0.4, -0.2) is 61.1 Å². The molecule has 8 nitrogen and oxygen atoms in total. The fourth-order valence-electron chi connectivity index (χ4n) is 3.47. The van der Waals surface area contributed by atoms with Crippen LogP contribution in [0.15, 0.2) is 35.0 Å². The largest absolute Gasteiger partial charge is 0.369 e. The third kappa shape index (κ3) is 5.60. The normalized spacial score (nSPS) is 15.8. The van der Waals surface area contributed by atoms with Crippen LogP contribution in [0.4, 0.5) is 11.4 Å². The molecule has 1 aromatic carbocycles. The first-order valence-corrected chi connectivity index (χ1v) is 10.4. The standard InChI is InChI=1S/C22H31N5O3/c1-15(2)13-19(22(29)25-20-14-23-30-16(20)3)24-21(28)17-5-7-18(8-6-17)27-11-9-26(4)10-12-27/h5-8,14-15,19H,9-13H2,1-4H3,(H,24,28)(H,25,29)/t19-/m0/s1. The van der Waals surface area contributed by atoms with E-state index in [0.29, 0.717) is 23.4 Å². The van der Waals surface area contributed by atoms with Crippen LogP contribution in [0.2, 0.25) is 0 Å². The molecule has 0 aliphatic carbocycles. The predicted molar refractivity (Wildman–Crippen MR) is 117 cm³/mol. The van der Waals surface area contributed by atoms with Crippen LogP contribution in [0.3, 0.4) is 0 Å². The van der Waals surface area contributed by atoms with Crippen molar-refractivity contribution in [1.29, 1.82) is 0 Å². The molecule has 0 unspecified atom stereocenters. The maximum Gasteiger partial charge on any atom is 0.251 e. The maximum absolute atomic E-state index is 12.8. The summed E-state index contributed by atoms with van der Waals surface area (Å²) in [6.45, 7) is 9.76. The Hall–Kier alpha value is -2.87. The highest BCUT2D eigenvalue weighted by Gasteiger charge is 2.24. The van der Waals surface area contributed by atoms with Crippen molar-refractivity contribution in [3.63, 3.8) is 0 Å². The molecule has 2 aromatic rings. The molecule has 1 aromatic heterocycles. The number of benzene rings is 1. The third-order valence-electron chi connectivity index (χ3n) is 5.34. The number of carbonyl (C=O) groups is 2. The predicted octanol–water partition coefficient (Wildman–Crippen LogP) is 2.52. The Bertz CT molecular complexity index is 854. The molecule has 0 radical (unpaired) electrons. The minimum Gasteiger partial charge on any atom is -0.369 e. The first-order chi connectivity index (χ1) is 14.3. The second kappa shape index (κ2) is 9.75. The number of aromatic nitrogens is 1. The number of carbonyl (C=O) groups excluding carboxylic acids is 2. The molecule has 30 heavy (non-hydrogen) atoms. The number of rotatable bonds is 7. The summed E-state index contributed by atoms with van der Waals surface area (Å²) in [5.41, 5.74) is 2.16. The Morgan fingerprint density at radius 2 is 1.80 bits per heavy atom. The topological polar surface area (TPSA) is 90.7 Å². The maximum atomic E-state index is 12.8. The number of anilines is 2. The van der Waals surface area contributed by atoms with Crippen LogP contribution in [0.1, 0.15) is 36.4 Å². The summed E-state index contributed by atoms with van der Waals surface area (Å²) in [5.74, 6) is 0.224. The molecule has 0 saturated carbocycles. The first-order valence-electron chi connectivity index (χ1n) is 10.4. The van der Waals surface area contributed by atoms with Crippen molar-refractivity contribution >= 4 is 23.2 Å². The van der Waals surface area contributed by atoms with E-state index in [1.54, 1.807) is 6.92 Å². The van der Waals surface area contributed by atoms with Gasteiger partial charge in [-0.2, -0.15) is 0 Å². The van der Waals surface area contributed by atoms with Gasteiger partial charge < -0.3 is 25.0 Å². The lowest BCUT2D eigenvalue weighted by molar-refractivity contribution is -0.118. The molecule has 3 rings (SSSR count). The van der Waals surface area contributed by atoms with Crippen molar-refractivity contribution in [2.45, 2.75) is 33.2 Å². The highest BCUT2D eigenvalue weighted by Crippen LogP contribution is 2.18. The SMILES string of the molecule is Cc1oncc1NC(=O)[C@H](CC(C)C)NC(=O)c1ccc(N2CCN(C)CC2)cc1. The van der Waals surface area contributed by atoms with Gasteiger partial charge in [-0.25, -0.2) is 0 Å². The fraction of sp³-hybridized carbons (Fsp3) is 0.500. The van der Waals surface area contributed by atoms with E-state index in [2.05, 4.69) is 32.6 Å². The molecule has 1 saturated heterocycles. The van der Waals surface area contributed by atoms with E-state index in [1.807, 2.05) is 38.1 Å². The van der Waals surface area contributed by atoms with Gasteiger partial charge in [0.1, 0.15) is 11.7 Å². The lowest BCUT2D eigenvalue weighted by Gasteiger charge is -2.34. The Labute approximate surface area is 177 Å². The van der Waals surface area contributed by atoms with Crippen LogP contribution in [0, 0.1) is 12.8 Å². The average molecular weight is 414 g/mol. The highest BCUT2D eigenvalue weighted by atomic mass is 16.5. The summed E-state index contributed by atoms with van der Waals surface area (Å²) < 4.78 is 4.98. The number of hydrogen-bond acceptors (Lipinski definition) is 6. The summed E-state index contributed by atoms with van der Waals surface area (Å²) in [4.78, 5) is 30.2. The zero-order valence-electron chi connectivity index (χ0n) is 18.1. The quantitative estimate of drug-likeness (QED) is 0.725. The summed E-state index contributed by atoms with van der Waals surface area (Å²) in [7, 11) is 2.12. The van der Waals surface area contributed by atoms with Gasteiger partial charge in [-0.15, -0.1) is 0 Å². The molecule has 1 atom stereocenters. The molecular weight excluding hydrogens is 382 g/mol. The molecule has 2 heterocycles. The molecule has 162 valence electrons. The molecule has 1 aliphatic heterocycles. The molecule has 2 amide bonds. The van der Waals surface area contributed by atoms with Gasteiger partial charge in [0.15, 0.2) is 5.76 Å². The Kier molecular flexibility index (Phi) is 7.10. The molecule has 0 bridgehead atoms. The smallest absolute Gasteiger partial charge is 0.251 e. The number of aryl methyl sites for hydroxylation is 1.